The minimum Gasteiger partial charge on any atom is -0.479 e. The summed E-state index contributed by atoms with van der Waals surface area (Å²) in [4.78, 5) is 10.8. The Hall–Kier alpha value is -0.730. The zero-order valence-corrected chi connectivity index (χ0v) is 8.07. The highest BCUT2D eigenvalue weighted by Gasteiger charge is 2.57. The largest absolute Gasteiger partial charge is 0.479 e. The van der Waals surface area contributed by atoms with Gasteiger partial charge in [0.05, 0.1) is 6.61 Å². The Morgan fingerprint density at radius 2 is 2.07 bits per heavy atom. The van der Waals surface area contributed by atoms with Crippen LogP contribution in [-0.4, -0.2) is 68.1 Å². The van der Waals surface area contributed by atoms with Gasteiger partial charge in [0, 0.05) is 0 Å². The third-order valence-corrected chi connectivity index (χ3v) is 2.60. The van der Waals surface area contributed by atoms with E-state index in [2.05, 4.69) is 0 Å². The number of carbonyl (C=O) groups is 1. The first-order valence-corrected chi connectivity index (χ1v) is 4.41. The lowest BCUT2D eigenvalue weighted by Crippen LogP contribution is -2.47. The molecule has 0 aromatic rings. The van der Waals surface area contributed by atoms with Crippen molar-refractivity contribution in [3.8, 4) is 0 Å². The van der Waals surface area contributed by atoms with Crippen LogP contribution >= 0.6 is 0 Å². The molecule has 0 spiro atoms. The van der Waals surface area contributed by atoms with Crippen LogP contribution in [0.1, 0.15) is 6.92 Å². The van der Waals surface area contributed by atoms with Crippen molar-refractivity contribution < 1.29 is 35.1 Å². The summed E-state index contributed by atoms with van der Waals surface area (Å²) in [6.07, 6.45) is -5.95. The van der Waals surface area contributed by atoms with E-state index in [1.165, 1.54) is 0 Å². The van der Waals surface area contributed by atoms with Crippen LogP contribution in [0.25, 0.3) is 0 Å². The molecule has 1 aliphatic heterocycles. The number of hydrogen-bond acceptors (Lipinski definition) is 6. The van der Waals surface area contributed by atoms with Crippen molar-refractivity contribution in [2.24, 2.45) is 0 Å². The first kappa shape index (κ1) is 12.3. The highest BCUT2D eigenvalue weighted by Crippen LogP contribution is 2.32. The number of ether oxygens (including phenoxy) is 1. The third kappa shape index (κ3) is 1.84. The van der Waals surface area contributed by atoms with E-state index in [0.29, 0.717) is 0 Å². The zero-order chi connectivity index (χ0) is 11.8. The predicted molar refractivity (Wildman–Crippen MR) is 46.0 cm³/mol. The van der Waals surface area contributed by atoms with E-state index in [-0.39, 0.29) is 0 Å². The molecular weight excluding hydrogens is 208 g/mol. The van der Waals surface area contributed by atoms with Crippen LogP contribution in [0.3, 0.4) is 0 Å². The maximum Gasteiger partial charge on any atom is 0.338 e. The fraction of sp³-hybridized carbons (Fsp3) is 0.875. The molecule has 5 atom stereocenters. The molecule has 0 saturated carbocycles. The van der Waals surface area contributed by atoms with Gasteiger partial charge in [0.2, 0.25) is 0 Å². The van der Waals surface area contributed by atoms with Crippen LogP contribution in [0.4, 0.5) is 0 Å². The molecule has 0 bridgehead atoms. The van der Waals surface area contributed by atoms with Gasteiger partial charge >= 0.3 is 5.97 Å². The lowest BCUT2D eigenvalue weighted by Gasteiger charge is -2.22. The summed E-state index contributed by atoms with van der Waals surface area (Å²) in [5.41, 5.74) is -1.97. The van der Waals surface area contributed by atoms with E-state index >= 15 is 0 Å². The van der Waals surface area contributed by atoms with Crippen LogP contribution in [0.5, 0.6) is 0 Å². The van der Waals surface area contributed by atoms with Crippen molar-refractivity contribution in [1.29, 1.82) is 0 Å². The molecule has 1 heterocycles. The molecule has 88 valence electrons. The van der Waals surface area contributed by atoms with Crippen LogP contribution in [0, 0.1) is 0 Å². The second-order valence-electron chi connectivity index (χ2n) is 3.68. The Morgan fingerprint density at radius 1 is 1.53 bits per heavy atom. The molecule has 5 N–H and O–H groups in total. The SMILES string of the molecule is C[C@@]1(C(=O)O)O[C@H]([C@H](O)CO)[C@H](O)[C@H]1O. The van der Waals surface area contributed by atoms with Crippen molar-refractivity contribution in [1.82, 2.24) is 0 Å². The fourth-order valence-electron chi connectivity index (χ4n) is 1.51. The van der Waals surface area contributed by atoms with Gasteiger partial charge in [-0.25, -0.2) is 4.79 Å². The van der Waals surface area contributed by atoms with Crippen LogP contribution < -0.4 is 0 Å². The van der Waals surface area contributed by atoms with E-state index in [0.717, 1.165) is 6.92 Å². The Kier molecular flexibility index (Phi) is 3.31. The smallest absolute Gasteiger partial charge is 0.338 e. The van der Waals surface area contributed by atoms with Gasteiger partial charge in [-0.05, 0) is 6.92 Å². The number of aliphatic hydroxyl groups excluding tert-OH is 4. The Balaban J connectivity index is 2.89. The van der Waals surface area contributed by atoms with Gasteiger partial charge < -0.3 is 30.3 Å². The van der Waals surface area contributed by atoms with Gasteiger partial charge in [-0.2, -0.15) is 0 Å². The molecule has 1 saturated heterocycles. The summed E-state index contributed by atoms with van der Waals surface area (Å²) in [6, 6.07) is 0. The second-order valence-corrected chi connectivity index (χ2v) is 3.68. The Morgan fingerprint density at radius 3 is 2.40 bits per heavy atom. The molecule has 1 aliphatic rings. The average molecular weight is 222 g/mol. The molecular formula is C8H14O7. The molecule has 0 unspecified atom stereocenters. The van der Waals surface area contributed by atoms with Crippen LogP contribution in [0.15, 0.2) is 0 Å². The lowest BCUT2D eigenvalue weighted by atomic mass is 9.96. The van der Waals surface area contributed by atoms with Gasteiger partial charge in [-0.15, -0.1) is 0 Å². The molecule has 7 nitrogen and oxygen atoms in total. The van der Waals surface area contributed by atoms with Gasteiger partial charge in [0.15, 0.2) is 5.60 Å². The van der Waals surface area contributed by atoms with Gasteiger partial charge in [-0.1, -0.05) is 0 Å². The van der Waals surface area contributed by atoms with Gasteiger partial charge in [0.1, 0.15) is 24.4 Å². The van der Waals surface area contributed by atoms with E-state index < -0.39 is 42.6 Å². The quantitative estimate of drug-likeness (QED) is 0.351. The molecule has 15 heavy (non-hydrogen) atoms. The topological polar surface area (TPSA) is 127 Å². The highest BCUT2D eigenvalue weighted by molar-refractivity contribution is 5.78. The number of rotatable bonds is 3. The highest BCUT2D eigenvalue weighted by atomic mass is 16.6. The molecule has 7 heteroatoms. The summed E-state index contributed by atoms with van der Waals surface area (Å²) in [7, 11) is 0. The first-order chi connectivity index (χ1) is 6.84. The molecule has 0 radical (unpaired) electrons. The van der Waals surface area contributed by atoms with Crippen molar-refractivity contribution in [3.05, 3.63) is 0 Å². The zero-order valence-electron chi connectivity index (χ0n) is 8.07. The van der Waals surface area contributed by atoms with Crippen LogP contribution in [0.2, 0.25) is 0 Å². The molecule has 0 amide bonds. The molecule has 0 aromatic heterocycles. The molecule has 0 aromatic carbocycles. The van der Waals surface area contributed by atoms with Gasteiger partial charge in [-0.3, -0.25) is 0 Å². The average Bonchev–Trinajstić information content (AvgIpc) is 2.43. The fourth-order valence-corrected chi connectivity index (χ4v) is 1.51. The monoisotopic (exact) mass is 222 g/mol. The van der Waals surface area contributed by atoms with Crippen molar-refractivity contribution in [2.45, 2.75) is 36.9 Å². The lowest BCUT2D eigenvalue weighted by molar-refractivity contribution is -0.174. The van der Waals surface area contributed by atoms with Crippen LogP contribution in [-0.2, 0) is 9.53 Å². The summed E-state index contributed by atoms with van der Waals surface area (Å²) in [5.74, 6) is -1.44. The predicted octanol–water partition coefficient (Wildman–Crippen LogP) is -2.70. The Labute approximate surface area is 85.5 Å². The minimum atomic E-state index is -1.97. The van der Waals surface area contributed by atoms with Crippen molar-refractivity contribution >= 4 is 5.97 Å². The van der Waals surface area contributed by atoms with Crippen molar-refractivity contribution in [3.63, 3.8) is 0 Å². The van der Waals surface area contributed by atoms with E-state index in [1.807, 2.05) is 0 Å². The molecule has 1 rings (SSSR count). The van der Waals surface area contributed by atoms with Crippen molar-refractivity contribution in [2.75, 3.05) is 6.61 Å². The summed E-state index contributed by atoms with van der Waals surface area (Å²) in [6.45, 7) is 0.400. The first-order valence-electron chi connectivity index (χ1n) is 4.41. The standard InChI is InChI=1S/C8H14O7/c1-8(7(13)14)6(12)4(11)5(15-8)3(10)2-9/h3-6,9-12H,2H2,1H3,(H,13,14)/t3-,4+,5-,6-,8-/m1/s1. The molecule has 0 aliphatic carbocycles. The maximum atomic E-state index is 10.8. The summed E-state index contributed by atoms with van der Waals surface area (Å²) in [5, 5.41) is 45.5. The third-order valence-electron chi connectivity index (χ3n) is 2.60. The normalized spacial score (nSPS) is 42.9. The van der Waals surface area contributed by atoms with E-state index in [9.17, 15) is 20.1 Å². The number of carboxylic acid groups (broad SMARTS) is 1. The van der Waals surface area contributed by atoms with E-state index in [1.54, 1.807) is 0 Å². The van der Waals surface area contributed by atoms with Gasteiger partial charge in [0.25, 0.3) is 0 Å². The van der Waals surface area contributed by atoms with E-state index in [4.69, 9.17) is 14.9 Å². The number of hydrogen-bond donors (Lipinski definition) is 5. The Bertz CT molecular complexity index is 255. The minimum absolute atomic E-state index is 0.690. The number of aliphatic hydroxyl groups is 4. The number of carboxylic acids is 1. The second kappa shape index (κ2) is 4.03. The number of aliphatic carboxylic acids is 1. The summed E-state index contributed by atoms with van der Waals surface area (Å²) < 4.78 is 4.88. The summed E-state index contributed by atoms with van der Waals surface area (Å²) >= 11 is 0. The molecule has 1 fully saturated rings. The maximum absolute atomic E-state index is 10.8.